The van der Waals surface area contributed by atoms with Crippen molar-refractivity contribution in [1.82, 2.24) is 0 Å². The van der Waals surface area contributed by atoms with Crippen LogP contribution in [0, 0.1) is 0 Å². The predicted molar refractivity (Wildman–Crippen MR) is 64.6 cm³/mol. The third kappa shape index (κ3) is 49.5. The molecule has 0 atom stereocenters. The summed E-state index contributed by atoms with van der Waals surface area (Å²) in [4.78, 5) is 60.4. The van der Waals surface area contributed by atoms with Crippen LogP contribution in [0.15, 0.2) is 0 Å². The zero-order valence-electron chi connectivity index (χ0n) is 12.5. The molecule has 0 aromatic heterocycles. The Morgan fingerprint density at radius 2 is 1.04 bits per heavy atom. The number of carboxylic acids is 4. The molecule has 20 heteroatoms. The number of hydrogen-bond donors (Lipinski definition) is 9. The Morgan fingerprint density at radius 1 is 0.885 bits per heavy atom. The van der Waals surface area contributed by atoms with Crippen molar-refractivity contribution in [2.24, 2.45) is 0 Å². The number of aliphatic carboxylic acids is 4. The van der Waals surface area contributed by atoms with Gasteiger partial charge in [0.2, 0.25) is 0 Å². The molecule has 0 bridgehead atoms. The second-order valence-electron chi connectivity index (χ2n) is 2.99. The molecule has 0 heterocycles. The fraction of sp³-hybridized carbons (Fsp3) is 0.333. The Labute approximate surface area is 153 Å². The number of carbonyl (C=O) groups is 4. The summed E-state index contributed by atoms with van der Waals surface area (Å²) in [5.74, 6) is -12.6. The van der Waals surface area contributed by atoms with Crippen LogP contribution in [0.4, 0.5) is 8.78 Å². The summed E-state index contributed by atoms with van der Waals surface area (Å²) < 4.78 is 31.7. The summed E-state index contributed by atoms with van der Waals surface area (Å²) in [6, 6.07) is 0. The maximum absolute atomic E-state index is 11.5. The van der Waals surface area contributed by atoms with Gasteiger partial charge in [-0.25, -0.2) is 9.59 Å². The number of carboxylic acid groups (broad SMARTS) is 4. The summed E-state index contributed by atoms with van der Waals surface area (Å²) in [6.07, 6.45) is -0.806. The normalized spacial score (nSPS) is 9.23. The van der Waals surface area contributed by atoms with Crippen LogP contribution in [0.25, 0.3) is 0 Å². The van der Waals surface area contributed by atoms with Crippen molar-refractivity contribution >= 4 is 39.0 Å². The van der Waals surface area contributed by atoms with Crippen LogP contribution in [0.1, 0.15) is 6.42 Å². The first kappa shape index (κ1) is 35.5. The van der Waals surface area contributed by atoms with Gasteiger partial charge in [0.1, 0.15) is 6.42 Å². The Bertz CT molecular complexity index is 454. The van der Waals surface area contributed by atoms with Crippen molar-refractivity contribution in [3.8, 4) is 0 Å². The Balaban J connectivity index is -0.0000000779. The molecule has 0 saturated heterocycles. The van der Waals surface area contributed by atoms with E-state index in [4.69, 9.17) is 54.7 Å². The van der Waals surface area contributed by atoms with Crippen molar-refractivity contribution in [1.29, 1.82) is 0 Å². The van der Waals surface area contributed by atoms with E-state index in [0.717, 1.165) is 0 Å². The number of hydrogen-bond acceptors (Lipinski definition) is 9. The van der Waals surface area contributed by atoms with Gasteiger partial charge >= 0.3 is 56.0 Å². The maximum Gasteiger partial charge on any atom is 1.00 e. The van der Waals surface area contributed by atoms with Crippen LogP contribution in [0.5, 0.6) is 0 Å². The average molecular weight is 410 g/mol. The fourth-order valence-electron chi connectivity index (χ4n) is 0.221. The third-order valence-corrected chi connectivity index (χ3v) is 0.840. The van der Waals surface area contributed by atoms with Crippen molar-refractivity contribution in [3.63, 3.8) is 0 Å². The molecule has 0 aliphatic rings. The van der Waals surface area contributed by atoms with E-state index in [1.807, 2.05) is 0 Å². The van der Waals surface area contributed by atoms with Gasteiger partial charge in [0, 0.05) is 0 Å². The van der Waals surface area contributed by atoms with Crippen LogP contribution in [-0.2, 0) is 23.7 Å². The Morgan fingerprint density at radius 3 is 1.04 bits per heavy atom. The zero-order chi connectivity index (χ0) is 21.6. The SMILES string of the molecule is O=C(O)C(F)(F)C(=O)O.O=C(O)CC(=O)O.O=P([O-])(O)O.OB(O)O.[Li+]. The zero-order valence-corrected chi connectivity index (χ0v) is 13.4. The summed E-state index contributed by atoms with van der Waals surface area (Å²) in [5, 5.41) is 51.9. The molecule has 26 heavy (non-hydrogen) atoms. The first-order valence-corrected chi connectivity index (χ1v) is 6.37. The van der Waals surface area contributed by atoms with E-state index < -0.39 is 51.4 Å². The van der Waals surface area contributed by atoms with E-state index in [1.54, 1.807) is 0 Å². The molecule has 0 unspecified atom stereocenters. The molecular formula is C6H11BF2LiO15P. The topological polar surface area (TPSA) is 290 Å². The largest absolute Gasteiger partial charge is 1.00 e. The molecule has 0 aliphatic heterocycles. The van der Waals surface area contributed by atoms with Gasteiger partial charge < -0.3 is 50.2 Å². The van der Waals surface area contributed by atoms with Crippen LogP contribution in [0.2, 0.25) is 0 Å². The van der Waals surface area contributed by atoms with Crippen molar-refractivity contribution in [2.75, 3.05) is 0 Å². The van der Waals surface area contributed by atoms with E-state index in [2.05, 4.69) is 0 Å². The maximum atomic E-state index is 11.5. The summed E-state index contributed by atoms with van der Waals surface area (Å²) in [6.45, 7) is 0. The van der Waals surface area contributed by atoms with Crippen LogP contribution in [0.3, 0.4) is 0 Å². The monoisotopic (exact) mass is 410 g/mol. The smallest absolute Gasteiger partial charge is 0.756 e. The van der Waals surface area contributed by atoms with Gasteiger partial charge in [0.25, 0.3) is 7.82 Å². The van der Waals surface area contributed by atoms with Crippen molar-refractivity contribution in [2.45, 2.75) is 12.3 Å². The van der Waals surface area contributed by atoms with Gasteiger partial charge in [-0.05, 0) is 0 Å². The summed E-state index contributed by atoms with van der Waals surface area (Å²) in [5.41, 5.74) is 0. The minimum atomic E-state index is -4.89. The average Bonchev–Trinajstić information content (AvgIpc) is 2.23. The fourth-order valence-corrected chi connectivity index (χ4v) is 0.221. The van der Waals surface area contributed by atoms with E-state index in [9.17, 15) is 28.0 Å². The molecule has 0 aromatic rings. The standard InChI is InChI=1S/C3H2F2O4.C3H4O4.BH3O3.Li.H3O4P/c4-3(5,1(6)7)2(8)9;4-2(5)1-3(6)7;2-1(3)4;;1-5(2,3)4/h(H,6,7)(H,8,9);1H2,(H,4,5)(H,6,7);2-4H;;(H3,1,2,3,4)/q;;;+1;/p-1. The number of alkyl halides is 2. The Hall–Kier alpha value is -1.61. The van der Waals surface area contributed by atoms with E-state index >= 15 is 0 Å². The molecule has 0 rings (SSSR count). The van der Waals surface area contributed by atoms with Crippen LogP contribution in [-0.4, -0.2) is 82.4 Å². The second-order valence-corrected chi connectivity index (χ2v) is 3.97. The van der Waals surface area contributed by atoms with Crippen LogP contribution >= 0.6 is 7.82 Å². The minimum absolute atomic E-state index is 0. The summed E-state index contributed by atoms with van der Waals surface area (Å²) in [7, 11) is -7.06. The van der Waals surface area contributed by atoms with E-state index in [1.165, 1.54) is 0 Å². The summed E-state index contributed by atoms with van der Waals surface area (Å²) >= 11 is 0. The van der Waals surface area contributed by atoms with Gasteiger partial charge in [-0.3, -0.25) is 14.2 Å². The number of halogens is 2. The molecule has 0 aliphatic carbocycles. The molecule has 148 valence electrons. The van der Waals surface area contributed by atoms with Crippen molar-refractivity contribution < 1.29 is 102 Å². The van der Waals surface area contributed by atoms with Crippen molar-refractivity contribution in [3.05, 3.63) is 0 Å². The predicted octanol–water partition coefficient (Wildman–Crippen LogP) is -7.27. The molecule has 0 saturated carbocycles. The van der Waals surface area contributed by atoms with E-state index in [0.29, 0.717) is 0 Å². The molecule has 0 fully saturated rings. The first-order chi connectivity index (χ1) is 10.7. The van der Waals surface area contributed by atoms with Gasteiger partial charge in [0.15, 0.2) is 0 Å². The number of rotatable bonds is 4. The quantitative estimate of drug-likeness (QED) is 0.118. The van der Waals surface area contributed by atoms with Gasteiger partial charge in [-0.15, -0.1) is 0 Å². The molecular weight excluding hydrogens is 399 g/mol. The number of phosphoric acid groups is 1. The third-order valence-electron chi connectivity index (χ3n) is 0.840. The molecule has 0 spiro atoms. The van der Waals surface area contributed by atoms with E-state index in [-0.39, 0.29) is 18.9 Å². The molecule has 0 amide bonds. The first-order valence-electron chi connectivity index (χ1n) is 4.84. The molecule has 15 nitrogen and oxygen atoms in total. The minimum Gasteiger partial charge on any atom is -0.756 e. The van der Waals surface area contributed by atoms with Gasteiger partial charge in [0.05, 0.1) is 0 Å². The molecule has 0 radical (unpaired) electrons. The second kappa shape index (κ2) is 16.8. The van der Waals surface area contributed by atoms with Gasteiger partial charge in [-0.2, -0.15) is 8.78 Å². The molecule has 0 aromatic carbocycles. The Kier molecular flexibility index (Phi) is 23.0. The molecule has 9 N–H and O–H groups in total. The van der Waals surface area contributed by atoms with Crippen LogP contribution < -0.4 is 23.8 Å². The van der Waals surface area contributed by atoms with Gasteiger partial charge in [-0.1, -0.05) is 0 Å².